The Hall–Kier alpha value is -0.340. The molecule has 0 bridgehead atoms. The average Bonchev–Trinajstić information content (AvgIpc) is 2.78. The molecular weight excluding hydrogens is 202 g/mol. The van der Waals surface area contributed by atoms with Gasteiger partial charge in [0.1, 0.15) is 0 Å². The minimum atomic E-state index is 0.478. The van der Waals surface area contributed by atoms with Crippen LogP contribution in [-0.2, 0) is 0 Å². The van der Waals surface area contributed by atoms with Crippen LogP contribution in [0.15, 0.2) is 12.1 Å². The Morgan fingerprint density at radius 2 is 2.00 bits per heavy atom. The van der Waals surface area contributed by atoms with Crippen molar-refractivity contribution in [1.29, 1.82) is 0 Å². The van der Waals surface area contributed by atoms with Gasteiger partial charge in [-0.05, 0) is 44.4 Å². The lowest BCUT2D eigenvalue weighted by atomic mass is 9.80. The molecule has 1 nitrogen and oxygen atoms in total. The second kappa shape index (κ2) is 4.26. The monoisotopic (exact) mass is 223 g/mol. The highest BCUT2D eigenvalue weighted by molar-refractivity contribution is 7.12. The molecule has 1 saturated carbocycles. The van der Waals surface area contributed by atoms with Crippen LogP contribution >= 0.6 is 11.3 Å². The van der Waals surface area contributed by atoms with E-state index in [-0.39, 0.29) is 0 Å². The quantitative estimate of drug-likeness (QED) is 0.819. The second-order valence-corrected chi connectivity index (χ2v) is 6.35. The smallest absolute Gasteiger partial charge is 0.0466 e. The van der Waals surface area contributed by atoms with Gasteiger partial charge in [-0.3, -0.25) is 0 Å². The molecule has 2 heteroatoms. The normalized spacial score (nSPS) is 21.8. The summed E-state index contributed by atoms with van der Waals surface area (Å²) in [6.45, 7) is 4.63. The van der Waals surface area contributed by atoms with Crippen molar-refractivity contribution in [2.24, 2.45) is 5.41 Å². The van der Waals surface area contributed by atoms with E-state index in [0.717, 1.165) is 0 Å². The molecular formula is C13H21NS. The van der Waals surface area contributed by atoms with Crippen LogP contribution in [-0.4, -0.2) is 7.05 Å². The van der Waals surface area contributed by atoms with Crippen molar-refractivity contribution in [1.82, 2.24) is 5.32 Å². The van der Waals surface area contributed by atoms with E-state index in [0.29, 0.717) is 11.5 Å². The third-order valence-electron chi connectivity index (χ3n) is 3.78. The zero-order chi connectivity index (χ0) is 10.9. The molecule has 1 unspecified atom stereocenters. The van der Waals surface area contributed by atoms with Crippen molar-refractivity contribution < 1.29 is 0 Å². The van der Waals surface area contributed by atoms with Crippen LogP contribution < -0.4 is 5.32 Å². The molecule has 1 heterocycles. The fourth-order valence-electron chi connectivity index (χ4n) is 2.91. The molecule has 0 aromatic carbocycles. The van der Waals surface area contributed by atoms with Gasteiger partial charge in [-0.2, -0.15) is 0 Å². The Bertz CT molecular complexity index is 323. The molecule has 15 heavy (non-hydrogen) atoms. The number of hydrogen-bond donors (Lipinski definition) is 1. The number of hydrogen-bond acceptors (Lipinski definition) is 2. The number of rotatable bonds is 3. The van der Waals surface area contributed by atoms with E-state index in [4.69, 9.17) is 0 Å². The Kier molecular flexibility index (Phi) is 3.17. The Balaban J connectivity index is 2.23. The summed E-state index contributed by atoms with van der Waals surface area (Å²) < 4.78 is 0. The molecule has 1 aromatic heterocycles. The topological polar surface area (TPSA) is 12.0 Å². The van der Waals surface area contributed by atoms with Crippen LogP contribution in [0.5, 0.6) is 0 Å². The first-order valence-corrected chi connectivity index (χ1v) is 6.71. The van der Waals surface area contributed by atoms with Crippen LogP contribution in [0.4, 0.5) is 0 Å². The van der Waals surface area contributed by atoms with E-state index in [1.54, 1.807) is 0 Å². The van der Waals surface area contributed by atoms with Crippen molar-refractivity contribution in [3.8, 4) is 0 Å². The van der Waals surface area contributed by atoms with Crippen molar-refractivity contribution >= 4 is 11.3 Å². The fourth-order valence-corrected chi connectivity index (χ4v) is 4.08. The molecule has 1 aromatic rings. The largest absolute Gasteiger partial charge is 0.312 e. The van der Waals surface area contributed by atoms with E-state index in [1.165, 1.54) is 35.4 Å². The lowest BCUT2D eigenvalue weighted by Gasteiger charge is -2.33. The van der Waals surface area contributed by atoms with Crippen LogP contribution in [0.1, 0.15) is 48.4 Å². The van der Waals surface area contributed by atoms with Crippen LogP contribution in [0, 0.1) is 12.3 Å². The van der Waals surface area contributed by atoms with Crippen molar-refractivity contribution in [2.75, 3.05) is 7.05 Å². The molecule has 0 spiro atoms. The number of nitrogens with one attached hydrogen (secondary N) is 1. The molecule has 84 valence electrons. The second-order valence-electron chi connectivity index (χ2n) is 5.03. The van der Waals surface area contributed by atoms with Crippen LogP contribution in [0.25, 0.3) is 0 Å². The molecule has 1 aliphatic carbocycles. The minimum absolute atomic E-state index is 0.478. The van der Waals surface area contributed by atoms with Gasteiger partial charge < -0.3 is 5.32 Å². The number of aryl methyl sites for hydroxylation is 1. The molecule has 1 aliphatic rings. The molecule has 0 aliphatic heterocycles. The average molecular weight is 223 g/mol. The predicted molar refractivity (Wildman–Crippen MR) is 67.4 cm³/mol. The van der Waals surface area contributed by atoms with Gasteiger partial charge in [0.25, 0.3) is 0 Å². The van der Waals surface area contributed by atoms with E-state index in [9.17, 15) is 0 Å². The standard InChI is InChI=1S/C13H21NS/c1-10-6-7-11(15-10)12(14-3)13(2)8-4-5-9-13/h6-7,12,14H,4-5,8-9H2,1-3H3. The van der Waals surface area contributed by atoms with Gasteiger partial charge in [0.05, 0.1) is 0 Å². The maximum atomic E-state index is 3.52. The zero-order valence-electron chi connectivity index (χ0n) is 9.97. The van der Waals surface area contributed by atoms with Crippen molar-refractivity contribution in [3.63, 3.8) is 0 Å². The van der Waals surface area contributed by atoms with Gasteiger partial charge in [-0.1, -0.05) is 19.8 Å². The third kappa shape index (κ3) is 2.11. The molecule has 1 atom stereocenters. The molecule has 1 N–H and O–H groups in total. The van der Waals surface area contributed by atoms with Gasteiger partial charge in [0, 0.05) is 15.8 Å². The van der Waals surface area contributed by atoms with E-state index in [1.807, 2.05) is 11.3 Å². The lowest BCUT2D eigenvalue weighted by Crippen LogP contribution is -2.31. The molecule has 2 rings (SSSR count). The van der Waals surface area contributed by atoms with E-state index < -0.39 is 0 Å². The lowest BCUT2D eigenvalue weighted by molar-refractivity contribution is 0.237. The summed E-state index contributed by atoms with van der Waals surface area (Å²) in [6, 6.07) is 5.09. The van der Waals surface area contributed by atoms with E-state index >= 15 is 0 Å². The van der Waals surface area contributed by atoms with Gasteiger partial charge in [0.2, 0.25) is 0 Å². The summed E-state index contributed by atoms with van der Waals surface area (Å²) in [5.41, 5.74) is 0.478. The summed E-state index contributed by atoms with van der Waals surface area (Å²) in [5.74, 6) is 0. The molecule has 1 fully saturated rings. The summed E-state index contributed by atoms with van der Waals surface area (Å²) in [6.07, 6.45) is 5.54. The summed E-state index contributed by atoms with van der Waals surface area (Å²) in [7, 11) is 2.10. The first-order valence-electron chi connectivity index (χ1n) is 5.89. The molecule has 0 radical (unpaired) electrons. The SMILES string of the molecule is CNC(c1ccc(C)s1)C1(C)CCCC1. The highest BCUT2D eigenvalue weighted by Crippen LogP contribution is 2.48. The minimum Gasteiger partial charge on any atom is -0.312 e. The zero-order valence-corrected chi connectivity index (χ0v) is 10.8. The maximum Gasteiger partial charge on any atom is 0.0466 e. The Labute approximate surface area is 96.9 Å². The van der Waals surface area contributed by atoms with Crippen LogP contribution in [0.3, 0.4) is 0 Å². The third-order valence-corrected chi connectivity index (χ3v) is 4.84. The predicted octanol–water partition coefficient (Wildman–Crippen LogP) is 3.90. The summed E-state index contributed by atoms with van der Waals surface area (Å²) in [4.78, 5) is 2.94. The van der Waals surface area contributed by atoms with E-state index in [2.05, 4.69) is 38.3 Å². The Morgan fingerprint density at radius 1 is 1.33 bits per heavy atom. The first-order chi connectivity index (χ1) is 7.15. The highest BCUT2D eigenvalue weighted by atomic mass is 32.1. The molecule has 0 amide bonds. The van der Waals surface area contributed by atoms with Gasteiger partial charge in [-0.25, -0.2) is 0 Å². The van der Waals surface area contributed by atoms with Crippen molar-refractivity contribution in [2.45, 2.75) is 45.6 Å². The number of thiophene rings is 1. The first kappa shape index (κ1) is 11.2. The molecule has 0 saturated heterocycles. The summed E-state index contributed by atoms with van der Waals surface area (Å²) in [5, 5.41) is 3.52. The summed E-state index contributed by atoms with van der Waals surface area (Å²) >= 11 is 1.94. The Morgan fingerprint density at radius 3 is 2.47 bits per heavy atom. The van der Waals surface area contributed by atoms with Gasteiger partial charge in [-0.15, -0.1) is 11.3 Å². The van der Waals surface area contributed by atoms with Gasteiger partial charge >= 0.3 is 0 Å². The van der Waals surface area contributed by atoms with Crippen molar-refractivity contribution in [3.05, 3.63) is 21.9 Å². The highest BCUT2D eigenvalue weighted by Gasteiger charge is 2.37. The maximum absolute atomic E-state index is 3.52. The fraction of sp³-hybridized carbons (Fsp3) is 0.692. The van der Waals surface area contributed by atoms with Crippen LogP contribution in [0.2, 0.25) is 0 Å². The van der Waals surface area contributed by atoms with Gasteiger partial charge in [0.15, 0.2) is 0 Å².